The second kappa shape index (κ2) is 6.66. The molecule has 0 radical (unpaired) electrons. The Morgan fingerprint density at radius 1 is 1.26 bits per heavy atom. The average Bonchev–Trinajstić information content (AvgIpc) is 2.46. The lowest BCUT2D eigenvalue weighted by Crippen LogP contribution is -2.31. The van der Waals surface area contributed by atoms with Crippen LogP contribution in [-0.4, -0.2) is 40.4 Å². The lowest BCUT2D eigenvalue weighted by molar-refractivity contribution is 0.171. The summed E-state index contributed by atoms with van der Waals surface area (Å²) in [7, 11) is 4.14. The van der Waals surface area contributed by atoms with Crippen LogP contribution >= 0.6 is 0 Å². The van der Waals surface area contributed by atoms with Gasteiger partial charge in [-0.25, -0.2) is 0 Å². The summed E-state index contributed by atoms with van der Waals surface area (Å²) in [4.78, 5) is 2.28. The van der Waals surface area contributed by atoms with Crippen LogP contribution in [0.15, 0.2) is 18.2 Å². The number of nitrogens with one attached hydrogen (secondary N) is 1. The van der Waals surface area contributed by atoms with Gasteiger partial charge in [0.05, 0.1) is 0 Å². The molecule has 0 amide bonds. The number of anilines is 1. The molecule has 4 heteroatoms. The van der Waals surface area contributed by atoms with Crippen LogP contribution in [0, 0.1) is 5.92 Å². The maximum atomic E-state index is 5.63. The van der Waals surface area contributed by atoms with Gasteiger partial charge in [0, 0.05) is 25.3 Å². The van der Waals surface area contributed by atoms with Crippen molar-refractivity contribution in [1.82, 2.24) is 5.32 Å². The highest BCUT2D eigenvalue weighted by Crippen LogP contribution is 2.33. The third-order valence-corrected chi connectivity index (χ3v) is 3.57. The van der Waals surface area contributed by atoms with E-state index in [4.69, 9.17) is 9.47 Å². The first kappa shape index (κ1) is 14.0. The van der Waals surface area contributed by atoms with Crippen LogP contribution < -0.4 is 19.7 Å². The van der Waals surface area contributed by atoms with E-state index in [9.17, 15) is 0 Å². The van der Waals surface area contributed by atoms with Crippen LogP contribution in [-0.2, 0) is 0 Å². The molecule has 0 fully saturated rings. The lowest BCUT2D eigenvalue weighted by Gasteiger charge is -2.26. The van der Waals surface area contributed by atoms with Gasteiger partial charge in [0.15, 0.2) is 11.5 Å². The van der Waals surface area contributed by atoms with Crippen molar-refractivity contribution in [2.45, 2.75) is 13.3 Å². The monoisotopic (exact) mass is 264 g/mol. The molecule has 1 aliphatic heterocycles. The van der Waals surface area contributed by atoms with E-state index in [2.05, 4.69) is 36.3 Å². The first-order valence-corrected chi connectivity index (χ1v) is 7.00. The highest BCUT2D eigenvalue weighted by atomic mass is 16.6. The van der Waals surface area contributed by atoms with E-state index in [0.717, 1.165) is 24.6 Å². The minimum atomic E-state index is 0.636. The first-order valence-electron chi connectivity index (χ1n) is 7.00. The molecule has 1 heterocycles. The standard InChI is InChI=1S/C15H24N2O2/c1-4-12(10-16-2)11-17(3)13-5-6-14-15(9-13)19-8-7-18-14/h5-6,9,12,16H,4,7-8,10-11H2,1-3H3. The predicted octanol–water partition coefficient (Wildman–Crippen LogP) is 2.14. The van der Waals surface area contributed by atoms with E-state index in [-0.39, 0.29) is 0 Å². The molecular formula is C15H24N2O2. The molecule has 106 valence electrons. The van der Waals surface area contributed by atoms with Crippen molar-refractivity contribution >= 4 is 5.69 Å². The summed E-state index contributed by atoms with van der Waals surface area (Å²) in [5, 5.41) is 3.25. The number of nitrogens with zero attached hydrogens (tertiary/aromatic N) is 1. The van der Waals surface area contributed by atoms with E-state index in [1.165, 1.54) is 12.1 Å². The van der Waals surface area contributed by atoms with Gasteiger partial charge < -0.3 is 19.7 Å². The van der Waals surface area contributed by atoms with Crippen LogP contribution in [0.25, 0.3) is 0 Å². The van der Waals surface area contributed by atoms with Crippen molar-refractivity contribution in [2.24, 2.45) is 5.92 Å². The Morgan fingerprint density at radius 3 is 2.68 bits per heavy atom. The van der Waals surface area contributed by atoms with Crippen molar-refractivity contribution in [3.05, 3.63) is 18.2 Å². The molecule has 4 nitrogen and oxygen atoms in total. The molecule has 1 aliphatic rings. The maximum Gasteiger partial charge on any atom is 0.163 e. The zero-order chi connectivity index (χ0) is 13.7. The Kier molecular flexibility index (Phi) is 4.91. The Bertz CT molecular complexity index is 409. The summed E-state index contributed by atoms with van der Waals surface area (Å²) < 4.78 is 11.2. The summed E-state index contributed by atoms with van der Waals surface area (Å²) in [6.07, 6.45) is 1.18. The van der Waals surface area contributed by atoms with Crippen molar-refractivity contribution < 1.29 is 9.47 Å². The number of benzene rings is 1. The third kappa shape index (κ3) is 3.53. The Morgan fingerprint density at radius 2 is 2.00 bits per heavy atom. The summed E-state index contributed by atoms with van der Waals surface area (Å²) in [6.45, 7) is 5.60. The summed E-state index contributed by atoms with van der Waals surface area (Å²) in [6, 6.07) is 6.17. The number of fused-ring (bicyclic) bond motifs is 1. The fourth-order valence-corrected chi connectivity index (χ4v) is 2.39. The quantitative estimate of drug-likeness (QED) is 0.853. The summed E-state index contributed by atoms with van der Waals surface area (Å²) in [5.41, 5.74) is 1.18. The van der Waals surface area contributed by atoms with E-state index in [1.54, 1.807) is 0 Å². The van der Waals surface area contributed by atoms with Gasteiger partial charge in [0.25, 0.3) is 0 Å². The number of ether oxygens (including phenoxy) is 2. The Hall–Kier alpha value is -1.42. The fraction of sp³-hybridized carbons (Fsp3) is 0.600. The minimum absolute atomic E-state index is 0.636. The van der Waals surface area contributed by atoms with Crippen LogP contribution in [0.1, 0.15) is 13.3 Å². The van der Waals surface area contributed by atoms with Crippen LogP contribution in [0.4, 0.5) is 5.69 Å². The van der Waals surface area contributed by atoms with Gasteiger partial charge in [-0.1, -0.05) is 13.3 Å². The molecule has 1 unspecified atom stereocenters. The number of rotatable bonds is 6. The van der Waals surface area contributed by atoms with Gasteiger partial charge in [-0.15, -0.1) is 0 Å². The molecule has 19 heavy (non-hydrogen) atoms. The largest absolute Gasteiger partial charge is 0.486 e. The van der Waals surface area contributed by atoms with E-state index in [1.807, 2.05) is 13.1 Å². The molecule has 0 saturated carbocycles. The van der Waals surface area contributed by atoms with E-state index < -0.39 is 0 Å². The summed E-state index contributed by atoms with van der Waals surface area (Å²) >= 11 is 0. The van der Waals surface area contributed by atoms with Crippen LogP contribution in [0.3, 0.4) is 0 Å². The topological polar surface area (TPSA) is 33.7 Å². The van der Waals surface area contributed by atoms with Gasteiger partial charge in [-0.2, -0.15) is 0 Å². The summed E-state index contributed by atoms with van der Waals surface area (Å²) in [5.74, 6) is 2.37. The fourth-order valence-electron chi connectivity index (χ4n) is 2.39. The molecular weight excluding hydrogens is 240 g/mol. The van der Waals surface area contributed by atoms with Crippen LogP contribution in [0.2, 0.25) is 0 Å². The first-order chi connectivity index (χ1) is 9.24. The van der Waals surface area contributed by atoms with Gasteiger partial charge >= 0.3 is 0 Å². The van der Waals surface area contributed by atoms with Gasteiger partial charge in [0.1, 0.15) is 13.2 Å². The highest BCUT2D eigenvalue weighted by Gasteiger charge is 2.15. The lowest BCUT2D eigenvalue weighted by atomic mass is 10.1. The second-order valence-electron chi connectivity index (χ2n) is 5.04. The normalized spacial score (nSPS) is 15.1. The molecule has 0 aliphatic carbocycles. The molecule has 0 saturated heterocycles. The van der Waals surface area contributed by atoms with Crippen molar-refractivity contribution in [1.29, 1.82) is 0 Å². The van der Waals surface area contributed by atoms with E-state index in [0.29, 0.717) is 19.1 Å². The molecule has 2 rings (SSSR count). The van der Waals surface area contributed by atoms with Gasteiger partial charge in [0.2, 0.25) is 0 Å². The molecule has 0 spiro atoms. The molecule has 1 atom stereocenters. The molecule has 1 aromatic rings. The Labute approximate surface area is 115 Å². The van der Waals surface area contributed by atoms with Crippen LogP contribution in [0.5, 0.6) is 11.5 Å². The van der Waals surface area contributed by atoms with Gasteiger partial charge in [-0.05, 0) is 31.6 Å². The van der Waals surface area contributed by atoms with Crippen molar-refractivity contribution in [3.63, 3.8) is 0 Å². The Balaban J connectivity index is 2.04. The van der Waals surface area contributed by atoms with Gasteiger partial charge in [-0.3, -0.25) is 0 Å². The average molecular weight is 264 g/mol. The van der Waals surface area contributed by atoms with Crippen molar-refractivity contribution in [3.8, 4) is 11.5 Å². The zero-order valence-electron chi connectivity index (χ0n) is 12.1. The zero-order valence-corrected chi connectivity index (χ0v) is 12.1. The number of hydrogen-bond acceptors (Lipinski definition) is 4. The van der Waals surface area contributed by atoms with Crippen molar-refractivity contribution in [2.75, 3.05) is 45.3 Å². The van der Waals surface area contributed by atoms with E-state index >= 15 is 0 Å². The smallest absolute Gasteiger partial charge is 0.163 e. The highest BCUT2D eigenvalue weighted by molar-refractivity contribution is 5.56. The predicted molar refractivity (Wildman–Crippen MR) is 78.4 cm³/mol. The molecule has 0 bridgehead atoms. The number of hydrogen-bond donors (Lipinski definition) is 1. The second-order valence-corrected chi connectivity index (χ2v) is 5.04. The third-order valence-electron chi connectivity index (χ3n) is 3.57. The molecule has 0 aromatic heterocycles. The SMILES string of the molecule is CCC(CNC)CN(C)c1ccc2c(c1)OCCO2. The molecule has 1 N–H and O–H groups in total. The molecule has 1 aromatic carbocycles. The minimum Gasteiger partial charge on any atom is -0.486 e. The maximum absolute atomic E-state index is 5.63.